The van der Waals surface area contributed by atoms with Crippen LogP contribution in [0.3, 0.4) is 0 Å². The molecule has 0 radical (unpaired) electrons. The van der Waals surface area contributed by atoms with Crippen molar-refractivity contribution in [3.63, 3.8) is 0 Å². The lowest BCUT2D eigenvalue weighted by Crippen LogP contribution is -2.19. The van der Waals surface area contributed by atoms with Crippen molar-refractivity contribution in [1.29, 1.82) is 5.41 Å². The van der Waals surface area contributed by atoms with E-state index >= 15 is 0 Å². The van der Waals surface area contributed by atoms with Crippen LogP contribution < -0.4 is 11.3 Å². The van der Waals surface area contributed by atoms with Crippen molar-refractivity contribution in [3.05, 3.63) is 11.8 Å². The summed E-state index contributed by atoms with van der Waals surface area (Å²) in [7, 11) is 0. The first kappa shape index (κ1) is 7.17. The van der Waals surface area contributed by atoms with Gasteiger partial charge in [-0.15, -0.1) is 0 Å². The van der Waals surface area contributed by atoms with Crippen molar-refractivity contribution < 1.29 is 0 Å². The molecule has 0 amide bonds. The van der Waals surface area contributed by atoms with E-state index in [2.05, 4.69) is 5.43 Å². The molecular formula is C5H11N3. The fourth-order valence-electron chi connectivity index (χ4n) is 0.366. The zero-order valence-corrected chi connectivity index (χ0v) is 5.15. The predicted molar refractivity (Wildman–Crippen MR) is 34.5 cm³/mol. The van der Waals surface area contributed by atoms with Crippen molar-refractivity contribution in [2.45, 2.75) is 13.8 Å². The Hall–Kier alpha value is -0.830. The predicted octanol–water partition coefficient (Wildman–Crippen LogP) is 0.393. The van der Waals surface area contributed by atoms with Crippen LogP contribution in [0.4, 0.5) is 0 Å². The Bertz CT molecular complexity index is 115. The lowest BCUT2D eigenvalue weighted by atomic mass is 10.3. The van der Waals surface area contributed by atoms with Gasteiger partial charge in [-0.05, 0) is 19.9 Å². The maximum atomic E-state index is 6.96. The quantitative estimate of drug-likeness (QED) is 0.275. The average molecular weight is 113 g/mol. The molecule has 8 heavy (non-hydrogen) atoms. The summed E-state index contributed by atoms with van der Waals surface area (Å²) in [5.41, 5.74) is 3.72. The molecule has 46 valence electrons. The lowest BCUT2D eigenvalue weighted by Gasteiger charge is -1.94. The van der Waals surface area contributed by atoms with Gasteiger partial charge in [-0.3, -0.25) is 5.84 Å². The first-order valence-electron chi connectivity index (χ1n) is 2.37. The molecular weight excluding hydrogens is 102 g/mol. The topological polar surface area (TPSA) is 61.9 Å². The van der Waals surface area contributed by atoms with E-state index in [1.54, 1.807) is 19.9 Å². The smallest absolute Gasteiger partial charge is 0.0300 e. The Morgan fingerprint density at radius 2 is 2.12 bits per heavy atom. The number of nitrogens with two attached hydrogens (primary N) is 1. The third-order valence-corrected chi connectivity index (χ3v) is 0.661. The van der Waals surface area contributed by atoms with Gasteiger partial charge in [-0.25, -0.2) is 0 Å². The molecule has 0 fully saturated rings. The molecule has 0 aliphatic carbocycles. The van der Waals surface area contributed by atoms with Gasteiger partial charge in [-0.1, -0.05) is 0 Å². The van der Waals surface area contributed by atoms with E-state index in [1.165, 1.54) is 0 Å². The fourth-order valence-corrected chi connectivity index (χ4v) is 0.366. The van der Waals surface area contributed by atoms with Crippen LogP contribution in [0.5, 0.6) is 0 Å². The molecule has 0 bridgehead atoms. The molecule has 3 nitrogen and oxygen atoms in total. The number of nitrogens with one attached hydrogen (secondary N) is 2. The zero-order valence-electron chi connectivity index (χ0n) is 5.15. The van der Waals surface area contributed by atoms with Gasteiger partial charge >= 0.3 is 0 Å². The Labute approximate surface area is 49.1 Å². The first-order valence-corrected chi connectivity index (χ1v) is 2.37. The Kier molecular flexibility index (Phi) is 2.88. The van der Waals surface area contributed by atoms with E-state index in [0.717, 1.165) is 5.70 Å². The normalized spacial score (nSPS) is 11.1. The monoisotopic (exact) mass is 113 g/mol. The SMILES string of the molecule is CC(=N)/C=C(/C)NN. The van der Waals surface area contributed by atoms with Crippen molar-refractivity contribution in [2.75, 3.05) is 0 Å². The van der Waals surface area contributed by atoms with Crippen LogP contribution >= 0.6 is 0 Å². The Morgan fingerprint density at radius 3 is 2.25 bits per heavy atom. The highest BCUT2D eigenvalue weighted by atomic mass is 15.2. The van der Waals surface area contributed by atoms with Crippen LogP contribution in [-0.4, -0.2) is 5.71 Å². The Balaban J connectivity index is 3.75. The van der Waals surface area contributed by atoms with Crippen molar-refractivity contribution >= 4 is 5.71 Å². The average Bonchev–Trinajstić information content (AvgIpc) is 1.65. The third kappa shape index (κ3) is 3.36. The lowest BCUT2D eigenvalue weighted by molar-refractivity contribution is 0.887. The van der Waals surface area contributed by atoms with E-state index in [9.17, 15) is 0 Å². The molecule has 0 unspecified atom stereocenters. The highest BCUT2D eigenvalue weighted by Gasteiger charge is 1.80. The summed E-state index contributed by atoms with van der Waals surface area (Å²) in [5, 5.41) is 6.96. The largest absolute Gasteiger partial charge is 0.328 e. The Morgan fingerprint density at radius 1 is 1.62 bits per heavy atom. The molecule has 0 aromatic heterocycles. The number of hydrogen-bond acceptors (Lipinski definition) is 3. The molecule has 0 aromatic rings. The van der Waals surface area contributed by atoms with Gasteiger partial charge in [-0.2, -0.15) is 0 Å². The number of allylic oxidation sites excluding steroid dienone is 2. The molecule has 3 heteroatoms. The van der Waals surface area contributed by atoms with E-state index < -0.39 is 0 Å². The van der Waals surface area contributed by atoms with E-state index in [4.69, 9.17) is 11.3 Å². The molecule has 0 aliphatic rings. The molecule has 0 atom stereocenters. The molecule has 0 saturated heterocycles. The third-order valence-electron chi connectivity index (χ3n) is 0.661. The number of hydrazine groups is 1. The highest BCUT2D eigenvalue weighted by molar-refractivity contribution is 5.90. The van der Waals surface area contributed by atoms with E-state index in [1.807, 2.05) is 0 Å². The van der Waals surface area contributed by atoms with E-state index in [-0.39, 0.29) is 0 Å². The van der Waals surface area contributed by atoms with Gasteiger partial charge in [0.2, 0.25) is 0 Å². The van der Waals surface area contributed by atoms with Gasteiger partial charge in [0.05, 0.1) is 0 Å². The van der Waals surface area contributed by atoms with Crippen molar-refractivity contribution in [1.82, 2.24) is 5.43 Å². The summed E-state index contributed by atoms with van der Waals surface area (Å²) in [6.45, 7) is 3.50. The van der Waals surface area contributed by atoms with Gasteiger partial charge in [0, 0.05) is 11.4 Å². The van der Waals surface area contributed by atoms with Crippen LogP contribution in [-0.2, 0) is 0 Å². The molecule has 0 saturated carbocycles. The van der Waals surface area contributed by atoms with Gasteiger partial charge in [0.15, 0.2) is 0 Å². The van der Waals surface area contributed by atoms with Crippen molar-refractivity contribution in [3.8, 4) is 0 Å². The summed E-state index contributed by atoms with van der Waals surface area (Å²) in [5.74, 6) is 5.01. The first-order chi connectivity index (χ1) is 3.66. The van der Waals surface area contributed by atoms with Crippen LogP contribution in [0.15, 0.2) is 11.8 Å². The van der Waals surface area contributed by atoms with Crippen LogP contribution in [0.2, 0.25) is 0 Å². The number of hydrogen-bond donors (Lipinski definition) is 3. The van der Waals surface area contributed by atoms with Gasteiger partial charge < -0.3 is 10.8 Å². The second kappa shape index (κ2) is 3.21. The highest BCUT2D eigenvalue weighted by Crippen LogP contribution is 1.82. The summed E-state index contributed by atoms with van der Waals surface area (Å²) < 4.78 is 0. The summed E-state index contributed by atoms with van der Waals surface area (Å²) in [6, 6.07) is 0. The van der Waals surface area contributed by atoms with Crippen LogP contribution in [0.1, 0.15) is 13.8 Å². The molecule has 0 rings (SSSR count). The minimum atomic E-state index is 0.500. The summed E-state index contributed by atoms with van der Waals surface area (Å²) >= 11 is 0. The van der Waals surface area contributed by atoms with Crippen LogP contribution in [0.25, 0.3) is 0 Å². The maximum Gasteiger partial charge on any atom is 0.0300 e. The number of rotatable bonds is 2. The van der Waals surface area contributed by atoms with Gasteiger partial charge in [0.1, 0.15) is 0 Å². The molecule has 0 aromatic carbocycles. The second-order valence-electron chi connectivity index (χ2n) is 1.65. The van der Waals surface area contributed by atoms with Crippen molar-refractivity contribution in [2.24, 2.45) is 5.84 Å². The van der Waals surface area contributed by atoms with Gasteiger partial charge in [0.25, 0.3) is 0 Å². The molecule has 0 aliphatic heterocycles. The molecule has 4 N–H and O–H groups in total. The van der Waals surface area contributed by atoms with Crippen LogP contribution in [0, 0.1) is 5.41 Å². The summed E-state index contributed by atoms with van der Waals surface area (Å²) in [6.07, 6.45) is 1.65. The molecule has 0 spiro atoms. The second-order valence-corrected chi connectivity index (χ2v) is 1.65. The standard InChI is InChI=1S/C5H11N3/c1-4(6)3-5(2)8-7/h3,6,8H,7H2,1-2H3/b5-3-,6-4?. The van der Waals surface area contributed by atoms with E-state index in [0.29, 0.717) is 5.71 Å². The minimum Gasteiger partial charge on any atom is -0.328 e. The minimum absolute atomic E-state index is 0.500. The fraction of sp³-hybridized carbons (Fsp3) is 0.400. The summed E-state index contributed by atoms with van der Waals surface area (Å²) in [4.78, 5) is 0. The maximum absolute atomic E-state index is 6.96. The molecule has 0 heterocycles. The zero-order chi connectivity index (χ0) is 6.57.